The Labute approximate surface area is 157 Å². The molecule has 1 amide bonds. The molecule has 0 aliphatic carbocycles. The first-order valence-corrected chi connectivity index (χ1v) is 9.35. The molecular weight excluding hydrogens is 380 g/mol. The fourth-order valence-electron chi connectivity index (χ4n) is 3.30. The molecule has 0 bridgehead atoms. The molecule has 2 aromatic rings. The molecule has 0 saturated carbocycles. The predicted octanol–water partition coefficient (Wildman–Crippen LogP) is 4.37. The minimum absolute atomic E-state index is 0.00720. The van der Waals surface area contributed by atoms with E-state index in [4.69, 9.17) is 4.74 Å². The monoisotopic (exact) mass is 402 g/mol. The van der Waals surface area contributed by atoms with E-state index in [1.807, 2.05) is 48.5 Å². The summed E-state index contributed by atoms with van der Waals surface area (Å²) in [7, 11) is 1.66. The first-order valence-electron chi connectivity index (χ1n) is 8.56. The Kier molecular flexibility index (Phi) is 6.24. The van der Waals surface area contributed by atoms with Gasteiger partial charge in [-0.2, -0.15) is 0 Å². The SMILES string of the molecule is COCc1ccccc1NC(=O)[C@@H](c1ccc(Br)cc1)N1CCCC1. The minimum Gasteiger partial charge on any atom is -0.380 e. The number of hydrogen-bond donors (Lipinski definition) is 1. The first kappa shape index (κ1) is 18.1. The van der Waals surface area contributed by atoms with Gasteiger partial charge in [0.1, 0.15) is 6.04 Å². The number of ether oxygens (including phenoxy) is 1. The van der Waals surface area contributed by atoms with Crippen LogP contribution in [0.1, 0.15) is 30.0 Å². The van der Waals surface area contributed by atoms with Gasteiger partial charge in [-0.15, -0.1) is 0 Å². The van der Waals surface area contributed by atoms with Gasteiger partial charge >= 0.3 is 0 Å². The molecule has 1 atom stereocenters. The number of amides is 1. The number of nitrogens with zero attached hydrogens (tertiary/aromatic N) is 1. The largest absolute Gasteiger partial charge is 0.380 e. The number of halogens is 1. The zero-order valence-corrected chi connectivity index (χ0v) is 16.0. The van der Waals surface area contributed by atoms with E-state index in [2.05, 4.69) is 26.1 Å². The Morgan fingerprint density at radius 1 is 1.16 bits per heavy atom. The molecule has 1 N–H and O–H groups in total. The van der Waals surface area contributed by atoms with E-state index in [9.17, 15) is 4.79 Å². The highest BCUT2D eigenvalue weighted by molar-refractivity contribution is 9.10. The van der Waals surface area contributed by atoms with Gasteiger partial charge in [0.2, 0.25) is 5.91 Å². The van der Waals surface area contributed by atoms with Gasteiger partial charge in [0, 0.05) is 22.8 Å². The Morgan fingerprint density at radius 3 is 2.52 bits per heavy atom. The van der Waals surface area contributed by atoms with E-state index in [0.717, 1.165) is 47.2 Å². The first-order chi connectivity index (χ1) is 12.2. The van der Waals surface area contributed by atoms with Gasteiger partial charge in [0.05, 0.1) is 6.61 Å². The van der Waals surface area contributed by atoms with Crippen molar-refractivity contribution in [3.63, 3.8) is 0 Å². The van der Waals surface area contributed by atoms with Gasteiger partial charge < -0.3 is 10.1 Å². The third-order valence-electron chi connectivity index (χ3n) is 4.51. The van der Waals surface area contributed by atoms with Crippen LogP contribution in [0.5, 0.6) is 0 Å². The second-order valence-electron chi connectivity index (χ2n) is 6.28. The minimum atomic E-state index is -0.272. The molecule has 3 rings (SSSR count). The predicted molar refractivity (Wildman–Crippen MR) is 103 cm³/mol. The van der Waals surface area contributed by atoms with Crippen molar-refractivity contribution in [1.82, 2.24) is 4.90 Å². The van der Waals surface area contributed by atoms with E-state index >= 15 is 0 Å². The summed E-state index contributed by atoms with van der Waals surface area (Å²) in [5, 5.41) is 3.11. The molecule has 5 heteroatoms. The fraction of sp³-hybridized carbons (Fsp3) is 0.350. The summed E-state index contributed by atoms with van der Waals surface area (Å²) in [5.41, 5.74) is 2.82. The van der Waals surface area contributed by atoms with Gasteiger partial charge in [0.25, 0.3) is 0 Å². The molecule has 4 nitrogen and oxygen atoms in total. The summed E-state index contributed by atoms with van der Waals surface area (Å²) in [6, 6.07) is 15.5. The average molecular weight is 403 g/mol. The number of likely N-dealkylation sites (tertiary alicyclic amines) is 1. The molecule has 2 aromatic carbocycles. The summed E-state index contributed by atoms with van der Waals surface area (Å²) in [6.45, 7) is 2.38. The van der Waals surface area contributed by atoms with Crippen LogP contribution in [-0.2, 0) is 16.1 Å². The summed E-state index contributed by atoms with van der Waals surface area (Å²) >= 11 is 3.47. The van der Waals surface area contributed by atoms with Crippen molar-refractivity contribution in [1.29, 1.82) is 0 Å². The smallest absolute Gasteiger partial charge is 0.246 e. The van der Waals surface area contributed by atoms with Gasteiger partial charge in [-0.3, -0.25) is 9.69 Å². The average Bonchev–Trinajstić information content (AvgIpc) is 3.13. The number of benzene rings is 2. The molecule has 132 valence electrons. The molecule has 1 saturated heterocycles. The van der Waals surface area contributed by atoms with Crippen molar-refractivity contribution in [2.24, 2.45) is 0 Å². The van der Waals surface area contributed by atoms with Crippen molar-refractivity contribution >= 4 is 27.5 Å². The zero-order valence-electron chi connectivity index (χ0n) is 14.4. The highest BCUT2D eigenvalue weighted by Gasteiger charge is 2.30. The number of rotatable bonds is 6. The Morgan fingerprint density at radius 2 is 1.84 bits per heavy atom. The molecule has 0 spiro atoms. The van der Waals surface area contributed by atoms with E-state index in [1.54, 1.807) is 7.11 Å². The van der Waals surface area contributed by atoms with Crippen LogP contribution in [0.15, 0.2) is 53.0 Å². The summed E-state index contributed by atoms with van der Waals surface area (Å²) in [5.74, 6) is 0.00720. The summed E-state index contributed by atoms with van der Waals surface area (Å²) < 4.78 is 6.26. The lowest BCUT2D eigenvalue weighted by Crippen LogP contribution is -2.35. The zero-order chi connectivity index (χ0) is 17.6. The van der Waals surface area contributed by atoms with Crippen molar-refractivity contribution < 1.29 is 9.53 Å². The van der Waals surface area contributed by atoms with E-state index in [-0.39, 0.29) is 11.9 Å². The van der Waals surface area contributed by atoms with Crippen molar-refractivity contribution in [2.45, 2.75) is 25.5 Å². The quantitative estimate of drug-likeness (QED) is 0.779. The number of anilines is 1. The third-order valence-corrected chi connectivity index (χ3v) is 5.04. The number of carbonyl (C=O) groups is 1. The molecule has 0 unspecified atom stereocenters. The Bertz CT molecular complexity index is 712. The number of nitrogens with one attached hydrogen (secondary N) is 1. The van der Waals surface area contributed by atoms with Crippen LogP contribution in [0.2, 0.25) is 0 Å². The highest BCUT2D eigenvalue weighted by atomic mass is 79.9. The molecule has 1 heterocycles. The maximum Gasteiger partial charge on any atom is 0.246 e. The summed E-state index contributed by atoms with van der Waals surface area (Å²) in [4.78, 5) is 15.4. The number of para-hydroxylation sites is 1. The third kappa shape index (κ3) is 4.48. The highest BCUT2D eigenvalue weighted by Crippen LogP contribution is 2.28. The van der Waals surface area contributed by atoms with Crippen LogP contribution in [0.4, 0.5) is 5.69 Å². The maximum absolute atomic E-state index is 13.1. The Balaban J connectivity index is 1.85. The van der Waals surface area contributed by atoms with Crippen LogP contribution in [0.25, 0.3) is 0 Å². The second-order valence-corrected chi connectivity index (χ2v) is 7.19. The van der Waals surface area contributed by atoms with Crippen LogP contribution in [0.3, 0.4) is 0 Å². The van der Waals surface area contributed by atoms with Gasteiger partial charge in [-0.25, -0.2) is 0 Å². The number of carbonyl (C=O) groups excluding carboxylic acids is 1. The second kappa shape index (κ2) is 8.61. The van der Waals surface area contributed by atoms with Crippen LogP contribution in [0, 0.1) is 0 Å². The van der Waals surface area contributed by atoms with E-state index in [1.165, 1.54) is 0 Å². The normalized spacial score (nSPS) is 15.9. The van der Waals surface area contributed by atoms with Crippen molar-refractivity contribution in [3.05, 3.63) is 64.1 Å². The van der Waals surface area contributed by atoms with Gasteiger partial charge in [-0.05, 0) is 49.7 Å². The van der Waals surface area contributed by atoms with Crippen LogP contribution >= 0.6 is 15.9 Å². The summed E-state index contributed by atoms with van der Waals surface area (Å²) in [6.07, 6.45) is 2.28. The molecule has 1 fully saturated rings. The molecule has 1 aliphatic heterocycles. The van der Waals surface area contributed by atoms with Crippen LogP contribution in [-0.4, -0.2) is 31.0 Å². The standard InChI is InChI=1S/C20H23BrN2O2/c1-25-14-16-6-2-3-7-18(16)22-20(24)19(23-12-4-5-13-23)15-8-10-17(21)11-9-15/h2-3,6-11,19H,4-5,12-14H2,1H3,(H,22,24)/t19-/m1/s1. The van der Waals surface area contributed by atoms with Gasteiger partial charge in [0.15, 0.2) is 0 Å². The lowest BCUT2D eigenvalue weighted by molar-refractivity contribution is -0.121. The number of methoxy groups -OCH3 is 1. The molecule has 0 radical (unpaired) electrons. The molecular formula is C20H23BrN2O2. The van der Waals surface area contributed by atoms with Gasteiger partial charge in [-0.1, -0.05) is 46.3 Å². The lowest BCUT2D eigenvalue weighted by Gasteiger charge is -2.27. The lowest BCUT2D eigenvalue weighted by atomic mass is 10.0. The molecule has 25 heavy (non-hydrogen) atoms. The van der Waals surface area contributed by atoms with E-state index < -0.39 is 0 Å². The fourth-order valence-corrected chi connectivity index (χ4v) is 3.56. The van der Waals surface area contributed by atoms with E-state index in [0.29, 0.717) is 6.61 Å². The maximum atomic E-state index is 13.1. The Hall–Kier alpha value is -1.69. The number of hydrogen-bond acceptors (Lipinski definition) is 3. The van der Waals surface area contributed by atoms with Crippen LogP contribution < -0.4 is 5.32 Å². The molecule has 0 aromatic heterocycles. The van der Waals surface area contributed by atoms with Crippen molar-refractivity contribution in [2.75, 3.05) is 25.5 Å². The topological polar surface area (TPSA) is 41.6 Å². The van der Waals surface area contributed by atoms with Crippen molar-refractivity contribution in [3.8, 4) is 0 Å². The molecule has 1 aliphatic rings.